The lowest BCUT2D eigenvalue weighted by atomic mass is 10.2. The summed E-state index contributed by atoms with van der Waals surface area (Å²) in [5, 5.41) is 5.59. The van der Waals surface area contributed by atoms with E-state index >= 15 is 0 Å². The van der Waals surface area contributed by atoms with Gasteiger partial charge in [0.15, 0.2) is 6.67 Å². The summed E-state index contributed by atoms with van der Waals surface area (Å²) in [6.07, 6.45) is 0. The summed E-state index contributed by atoms with van der Waals surface area (Å²) in [6, 6.07) is 13.1. The van der Waals surface area contributed by atoms with E-state index in [1.807, 2.05) is 43.4 Å². The number of rotatable bonds is 6. The average Bonchev–Trinajstić information content (AvgIpc) is 2.99. The van der Waals surface area contributed by atoms with Gasteiger partial charge >= 0.3 is 0 Å². The number of aromatic nitrogens is 2. The minimum absolute atomic E-state index is 0.337. The maximum atomic E-state index is 6.08. The minimum atomic E-state index is 0.337. The van der Waals surface area contributed by atoms with Gasteiger partial charge < -0.3 is 14.1 Å². The zero-order chi connectivity index (χ0) is 18.7. The predicted octanol–water partition coefficient (Wildman–Crippen LogP) is 3.86. The first kappa shape index (κ1) is 18.9. The molecular weight excluding hydrogens is 393 g/mol. The van der Waals surface area contributed by atoms with Gasteiger partial charge in [-0.1, -0.05) is 29.3 Å². The van der Waals surface area contributed by atoms with Gasteiger partial charge in [0.05, 0.1) is 24.2 Å². The van der Waals surface area contributed by atoms with E-state index in [9.17, 15) is 0 Å². The third kappa shape index (κ3) is 4.45. The third-order valence-electron chi connectivity index (χ3n) is 3.85. The molecule has 0 amide bonds. The van der Waals surface area contributed by atoms with Crippen molar-refractivity contribution in [1.29, 1.82) is 0 Å². The van der Waals surface area contributed by atoms with E-state index in [0.29, 0.717) is 27.4 Å². The number of hydrogen-bond acceptors (Lipinski definition) is 4. The van der Waals surface area contributed by atoms with Gasteiger partial charge in [0.2, 0.25) is 5.89 Å². The van der Waals surface area contributed by atoms with Gasteiger partial charge in [-0.15, -0.1) is 5.10 Å². The smallest absolute Gasteiger partial charge is 0.292 e. The quantitative estimate of drug-likeness (QED) is 0.626. The van der Waals surface area contributed by atoms with E-state index in [0.717, 1.165) is 23.4 Å². The Morgan fingerprint density at radius 2 is 1.88 bits per heavy atom. The number of ether oxygens (including phenoxy) is 1. The summed E-state index contributed by atoms with van der Waals surface area (Å²) in [4.78, 5) is 1.51. The minimum Gasteiger partial charge on any atom is -0.497 e. The molecule has 8 heteroatoms. The lowest BCUT2D eigenvalue weighted by molar-refractivity contribution is -0.917. The van der Waals surface area contributed by atoms with Gasteiger partial charge in [0.1, 0.15) is 12.3 Å². The van der Waals surface area contributed by atoms with Gasteiger partial charge in [-0.05, 0) is 48.6 Å². The highest BCUT2D eigenvalue weighted by atomic mass is 35.5. The second-order valence-electron chi connectivity index (χ2n) is 5.94. The number of hydrogen-bond donors (Lipinski definition) is 1. The Kier molecular flexibility index (Phi) is 5.98. The summed E-state index contributed by atoms with van der Waals surface area (Å²) in [6.45, 7) is 1.32. The van der Waals surface area contributed by atoms with E-state index in [1.165, 1.54) is 4.90 Å². The fourth-order valence-electron chi connectivity index (χ4n) is 2.57. The largest absolute Gasteiger partial charge is 0.497 e. The van der Waals surface area contributed by atoms with Crippen molar-refractivity contribution in [1.82, 2.24) is 9.78 Å². The van der Waals surface area contributed by atoms with Crippen molar-refractivity contribution in [2.24, 2.45) is 0 Å². The highest BCUT2D eigenvalue weighted by Gasteiger charge is 2.13. The van der Waals surface area contributed by atoms with Gasteiger partial charge in [-0.3, -0.25) is 0 Å². The molecule has 3 aromatic rings. The Balaban J connectivity index is 1.72. The van der Waals surface area contributed by atoms with Crippen LogP contribution in [-0.4, -0.2) is 23.9 Å². The van der Waals surface area contributed by atoms with Crippen LogP contribution in [-0.2, 0) is 13.2 Å². The van der Waals surface area contributed by atoms with Crippen molar-refractivity contribution in [2.75, 3.05) is 14.2 Å². The van der Waals surface area contributed by atoms with E-state index in [4.69, 9.17) is 44.6 Å². The van der Waals surface area contributed by atoms with Crippen LogP contribution < -0.4 is 9.64 Å². The van der Waals surface area contributed by atoms with Crippen molar-refractivity contribution < 1.29 is 14.1 Å². The number of quaternary nitrogens is 1. The monoisotopic (exact) mass is 410 g/mol. The number of benzene rings is 2. The molecule has 0 spiro atoms. The molecule has 0 aliphatic carbocycles. The molecule has 1 N–H and O–H groups in total. The van der Waals surface area contributed by atoms with Crippen molar-refractivity contribution in [2.45, 2.75) is 13.2 Å². The molecule has 3 rings (SSSR count). The fraction of sp³-hybridized carbons (Fsp3) is 0.222. The van der Waals surface area contributed by atoms with Crippen molar-refractivity contribution >= 4 is 35.4 Å². The average molecular weight is 411 g/mol. The molecule has 0 aliphatic rings. The molecule has 1 aromatic heterocycles. The fourth-order valence-corrected chi connectivity index (χ4v) is 3.07. The first-order valence-corrected chi connectivity index (χ1v) is 9.10. The third-order valence-corrected chi connectivity index (χ3v) is 4.89. The summed E-state index contributed by atoms with van der Waals surface area (Å²) in [7, 11) is 3.67. The lowest BCUT2D eigenvalue weighted by Crippen LogP contribution is -3.07. The number of nitrogens with zero attached hydrogens (tertiary/aromatic N) is 2. The molecule has 0 bridgehead atoms. The van der Waals surface area contributed by atoms with Crippen LogP contribution in [0.5, 0.6) is 5.75 Å². The zero-order valence-electron chi connectivity index (χ0n) is 14.3. The normalized spacial score (nSPS) is 12.2. The summed E-state index contributed by atoms with van der Waals surface area (Å²) < 4.78 is 12.5. The standard InChI is InChI=1S/C18H17Cl2N3O2S/c1-22(10-12-3-8-15(19)16(20)9-12)11-23-18(26)25-17(21-23)13-4-6-14(24-2)7-5-13/h3-9H,10-11H2,1-2H3/p+1. The summed E-state index contributed by atoms with van der Waals surface area (Å²) in [5.41, 5.74) is 1.93. The Labute approximate surface area is 166 Å². The van der Waals surface area contributed by atoms with Gasteiger partial charge in [-0.2, -0.15) is 4.68 Å². The van der Waals surface area contributed by atoms with Crippen LogP contribution >= 0.6 is 35.4 Å². The second-order valence-corrected chi connectivity index (χ2v) is 7.11. The molecule has 136 valence electrons. The van der Waals surface area contributed by atoms with Crippen LogP contribution in [0.3, 0.4) is 0 Å². The van der Waals surface area contributed by atoms with Crippen LogP contribution in [0.1, 0.15) is 5.56 Å². The first-order chi connectivity index (χ1) is 12.5. The first-order valence-electron chi connectivity index (χ1n) is 7.94. The van der Waals surface area contributed by atoms with Crippen LogP contribution in [0, 0.1) is 4.84 Å². The molecule has 0 saturated carbocycles. The molecule has 0 saturated heterocycles. The van der Waals surface area contributed by atoms with E-state index in [1.54, 1.807) is 17.9 Å². The number of nitrogens with one attached hydrogen (secondary N) is 1. The van der Waals surface area contributed by atoms with Gasteiger partial charge in [-0.25, -0.2) is 0 Å². The SMILES string of the molecule is COc1ccc(-c2nn(C[NH+](C)Cc3ccc(Cl)c(Cl)c3)c(=S)o2)cc1. The van der Waals surface area contributed by atoms with Gasteiger partial charge in [0, 0.05) is 11.1 Å². The molecule has 0 radical (unpaired) electrons. The highest BCUT2D eigenvalue weighted by Crippen LogP contribution is 2.22. The Morgan fingerprint density at radius 1 is 1.15 bits per heavy atom. The van der Waals surface area contributed by atoms with Crippen LogP contribution in [0.25, 0.3) is 11.5 Å². The van der Waals surface area contributed by atoms with Crippen LogP contribution in [0.15, 0.2) is 46.9 Å². The van der Waals surface area contributed by atoms with Crippen molar-refractivity contribution in [3.63, 3.8) is 0 Å². The van der Waals surface area contributed by atoms with Gasteiger partial charge in [0.25, 0.3) is 4.84 Å². The summed E-state index contributed by atoms with van der Waals surface area (Å²) in [5.74, 6) is 1.26. The summed E-state index contributed by atoms with van der Waals surface area (Å²) >= 11 is 17.3. The lowest BCUT2D eigenvalue weighted by Gasteiger charge is -2.13. The van der Waals surface area contributed by atoms with Crippen LogP contribution in [0.4, 0.5) is 0 Å². The zero-order valence-corrected chi connectivity index (χ0v) is 16.7. The molecule has 1 atom stereocenters. The van der Waals surface area contributed by atoms with Crippen molar-refractivity contribution in [3.05, 3.63) is 62.9 Å². The predicted molar refractivity (Wildman–Crippen MR) is 104 cm³/mol. The molecule has 2 aromatic carbocycles. The molecule has 26 heavy (non-hydrogen) atoms. The van der Waals surface area contributed by atoms with E-state index in [-0.39, 0.29) is 0 Å². The molecule has 0 aliphatic heterocycles. The topological polar surface area (TPSA) is 44.6 Å². The molecule has 5 nitrogen and oxygen atoms in total. The maximum absolute atomic E-state index is 6.08. The van der Waals surface area contributed by atoms with E-state index < -0.39 is 0 Å². The Bertz CT molecular complexity index is 954. The van der Waals surface area contributed by atoms with Crippen molar-refractivity contribution in [3.8, 4) is 17.2 Å². The number of halogens is 2. The van der Waals surface area contributed by atoms with E-state index in [2.05, 4.69) is 5.10 Å². The highest BCUT2D eigenvalue weighted by molar-refractivity contribution is 7.71. The molecule has 0 fully saturated rings. The molecule has 1 unspecified atom stereocenters. The molecular formula is C18H18Cl2N3O2S+. The Morgan fingerprint density at radius 3 is 2.54 bits per heavy atom. The second kappa shape index (κ2) is 8.22. The maximum Gasteiger partial charge on any atom is 0.292 e. The van der Waals surface area contributed by atoms with Crippen LogP contribution in [0.2, 0.25) is 10.0 Å². The molecule has 1 heterocycles. The Hall–Kier alpha value is -1.86. The number of methoxy groups -OCH3 is 1.